The number of rotatable bonds is 7. The van der Waals surface area contributed by atoms with Gasteiger partial charge in [-0.05, 0) is 63.1 Å². The summed E-state index contributed by atoms with van der Waals surface area (Å²) in [5, 5.41) is 15.0. The van der Waals surface area contributed by atoms with Crippen molar-refractivity contribution in [2.45, 2.75) is 25.8 Å². The first-order valence-electron chi connectivity index (χ1n) is 7.40. The van der Waals surface area contributed by atoms with E-state index in [1.807, 2.05) is 0 Å². The number of oxime groups is 1. The Morgan fingerprint density at radius 1 is 1.38 bits per heavy atom. The van der Waals surface area contributed by atoms with Gasteiger partial charge >= 0.3 is 0 Å². The van der Waals surface area contributed by atoms with E-state index in [1.165, 1.54) is 38.1 Å². The van der Waals surface area contributed by atoms with Crippen molar-refractivity contribution in [3.63, 3.8) is 0 Å². The average Bonchev–Trinajstić information content (AvgIpc) is 3.00. The van der Waals surface area contributed by atoms with E-state index in [-0.39, 0.29) is 5.84 Å². The van der Waals surface area contributed by atoms with E-state index in [4.69, 9.17) is 10.9 Å². The van der Waals surface area contributed by atoms with Crippen LogP contribution in [0.4, 0.5) is 4.39 Å². The minimum Gasteiger partial charge on any atom is -0.409 e. The van der Waals surface area contributed by atoms with Gasteiger partial charge in [-0.15, -0.1) is 0 Å². The molecule has 0 aromatic heterocycles. The van der Waals surface area contributed by atoms with Gasteiger partial charge in [0.2, 0.25) is 0 Å². The molecule has 0 aliphatic carbocycles. The zero-order chi connectivity index (χ0) is 15.1. The maximum atomic E-state index is 13.2. The van der Waals surface area contributed by atoms with E-state index in [2.05, 4.69) is 15.4 Å². The lowest BCUT2D eigenvalue weighted by Crippen LogP contribution is -2.25. The summed E-state index contributed by atoms with van der Waals surface area (Å²) in [6.07, 6.45) is 3.71. The molecule has 1 aromatic rings. The number of hydrogen-bond donors (Lipinski definition) is 3. The molecule has 5 nitrogen and oxygen atoms in total. The molecule has 1 heterocycles. The Morgan fingerprint density at radius 3 is 2.86 bits per heavy atom. The van der Waals surface area contributed by atoms with Crippen LogP contribution in [0.5, 0.6) is 0 Å². The zero-order valence-electron chi connectivity index (χ0n) is 12.2. The second kappa shape index (κ2) is 7.95. The number of halogens is 1. The number of nitrogens with two attached hydrogens (primary N) is 1. The Hall–Kier alpha value is -1.66. The van der Waals surface area contributed by atoms with Crippen molar-refractivity contribution >= 4 is 5.84 Å². The fourth-order valence-corrected chi connectivity index (χ4v) is 2.65. The maximum Gasteiger partial charge on any atom is 0.170 e. The molecule has 0 radical (unpaired) electrons. The Balaban J connectivity index is 1.79. The predicted octanol–water partition coefficient (Wildman–Crippen LogP) is 1.50. The minimum atomic E-state index is -0.394. The molecule has 21 heavy (non-hydrogen) atoms. The Bertz CT molecular complexity index is 487. The minimum absolute atomic E-state index is 0.0663. The summed E-state index contributed by atoms with van der Waals surface area (Å²) >= 11 is 0. The highest BCUT2D eigenvalue weighted by atomic mass is 19.1. The number of nitrogens with zero attached hydrogens (tertiary/aromatic N) is 2. The average molecular weight is 294 g/mol. The molecular formula is C15H23FN4O. The van der Waals surface area contributed by atoms with Crippen LogP contribution in [0.1, 0.15) is 30.4 Å². The van der Waals surface area contributed by atoms with Crippen LogP contribution in [-0.4, -0.2) is 42.1 Å². The molecule has 0 atom stereocenters. The fourth-order valence-electron chi connectivity index (χ4n) is 2.65. The molecule has 4 N–H and O–H groups in total. The second-order valence-corrected chi connectivity index (χ2v) is 5.37. The van der Waals surface area contributed by atoms with Crippen molar-refractivity contribution < 1.29 is 9.60 Å². The topological polar surface area (TPSA) is 73.9 Å². The molecular weight excluding hydrogens is 271 g/mol. The van der Waals surface area contributed by atoms with Crippen molar-refractivity contribution in [3.8, 4) is 0 Å². The van der Waals surface area contributed by atoms with Crippen LogP contribution in [-0.2, 0) is 6.54 Å². The third kappa shape index (κ3) is 4.68. The van der Waals surface area contributed by atoms with Crippen LogP contribution in [0.2, 0.25) is 0 Å². The third-order valence-corrected chi connectivity index (χ3v) is 3.80. The van der Waals surface area contributed by atoms with Crippen LogP contribution >= 0.6 is 0 Å². The summed E-state index contributed by atoms with van der Waals surface area (Å²) < 4.78 is 13.2. The molecule has 1 aliphatic heterocycles. The lowest BCUT2D eigenvalue weighted by atomic mass is 10.1. The van der Waals surface area contributed by atoms with Gasteiger partial charge in [-0.2, -0.15) is 0 Å². The van der Waals surface area contributed by atoms with Crippen LogP contribution in [0.3, 0.4) is 0 Å². The largest absolute Gasteiger partial charge is 0.409 e. The third-order valence-electron chi connectivity index (χ3n) is 3.80. The number of nitrogens with one attached hydrogen (secondary N) is 1. The number of benzene rings is 1. The Labute approximate surface area is 124 Å². The van der Waals surface area contributed by atoms with Gasteiger partial charge in [-0.1, -0.05) is 11.2 Å². The molecule has 2 rings (SSSR count). The highest BCUT2D eigenvalue weighted by molar-refractivity contribution is 5.98. The first-order chi connectivity index (χ1) is 10.2. The maximum absolute atomic E-state index is 13.2. The van der Waals surface area contributed by atoms with Gasteiger partial charge in [0.1, 0.15) is 5.82 Å². The van der Waals surface area contributed by atoms with Gasteiger partial charge in [0.05, 0.1) is 0 Å². The van der Waals surface area contributed by atoms with Crippen molar-refractivity contribution in [2.24, 2.45) is 10.9 Å². The summed E-state index contributed by atoms with van der Waals surface area (Å²) in [5.74, 6) is -0.460. The highest BCUT2D eigenvalue weighted by Crippen LogP contribution is 2.11. The molecule has 1 fully saturated rings. The smallest absolute Gasteiger partial charge is 0.170 e. The number of likely N-dealkylation sites (tertiary alicyclic amines) is 1. The van der Waals surface area contributed by atoms with Gasteiger partial charge in [0, 0.05) is 12.1 Å². The molecule has 0 saturated carbocycles. The van der Waals surface area contributed by atoms with Crippen LogP contribution in [0.25, 0.3) is 0 Å². The summed E-state index contributed by atoms with van der Waals surface area (Å²) in [7, 11) is 0. The summed E-state index contributed by atoms with van der Waals surface area (Å²) in [5.41, 5.74) is 6.84. The van der Waals surface area contributed by atoms with Gasteiger partial charge < -0.3 is 21.2 Å². The second-order valence-electron chi connectivity index (χ2n) is 5.37. The molecule has 0 amide bonds. The van der Waals surface area contributed by atoms with E-state index in [0.717, 1.165) is 25.1 Å². The lowest BCUT2D eigenvalue weighted by Gasteiger charge is -2.15. The SMILES string of the molecule is NC(=NO)c1cc(F)ccc1CNCCCN1CCCC1. The quantitative estimate of drug-likeness (QED) is 0.234. The fraction of sp³-hybridized carbons (Fsp3) is 0.533. The van der Waals surface area contributed by atoms with Gasteiger partial charge in [0.25, 0.3) is 0 Å². The molecule has 1 saturated heterocycles. The van der Waals surface area contributed by atoms with Crippen LogP contribution in [0, 0.1) is 5.82 Å². The van der Waals surface area contributed by atoms with E-state index >= 15 is 0 Å². The first-order valence-corrected chi connectivity index (χ1v) is 7.40. The highest BCUT2D eigenvalue weighted by Gasteiger charge is 2.11. The van der Waals surface area contributed by atoms with Gasteiger partial charge in [-0.3, -0.25) is 0 Å². The van der Waals surface area contributed by atoms with E-state index < -0.39 is 5.82 Å². The van der Waals surface area contributed by atoms with Gasteiger partial charge in [-0.25, -0.2) is 4.39 Å². The van der Waals surface area contributed by atoms with Crippen molar-refractivity contribution in [1.82, 2.24) is 10.2 Å². The van der Waals surface area contributed by atoms with Crippen molar-refractivity contribution in [2.75, 3.05) is 26.2 Å². The molecule has 0 unspecified atom stereocenters. The number of hydrogen-bond acceptors (Lipinski definition) is 4. The predicted molar refractivity (Wildman–Crippen MR) is 80.9 cm³/mol. The zero-order valence-corrected chi connectivity index (χ0v) is 12.2. The molecule has 1 aromatic carbocycles. The van der Waals surface area contributed by atoms with Crippen molar-refractivity contribution in [3.05, 3.63) is 35.1 Å². The summed E-state index contributed by atoms with van der Waals surface area (Å²) in [4.78, 5) is 2.47. The first kappa shape index (κ1) is 15.7. The molecule has 116 valence electrons. The van der Waals surface area contributed by atoms with Gasteiger partial charge in [0.15, 0.2) is 5.84 Å². The molecule has 0 spiro atoms. The number of amidine groups is 1. The molecule has 0 bridgehead atoms. The monoisotopic (exact) mass is 294 g/mol. The standard InChI is InChI=1S/C15H23FN4O/c16-13-5-4-12(14(10-13)15(17)19-21)11-18-6-3-9-20-7-1-2-8-20/h4-5,10,18,21H,1-3,6-9,11H2,(H2,17,19). The van der Waals surface area contributed by atoms with Crippen LogP contribution in [0.15, 0.2) is 23.4 Å². The summed E-state index contributed by atoms with van der Waals surface area (Å²) in [6.45, 7) is 5.01. The van der Waals surface area contributed by atoms with E-state index in [0.29, 0.717) is 12.1 Å². The Kier molecular flexibility index (Phi) is 5.95. The van der Waals surface area contributed by atoms with E-state index in [9.17, 15) is 4.39 Å². The normalized spacial score (nSPS) is 16.5. The van der Waals surface area contributed by atoms with Crippen LogP contribution < -0.4 is 11.1 Å². The Morgan fingerprint density at radius 2 is 2.14 bits per heavy atom. The molecule has 1 aliphatic rings. The summed E-state index contributed by atoms with van der Waals surface area (Å²) in [6, 6.07) is 4.34. The molecule has 6 heteroatoms. The van der Waals surface area contributed by atoms with Crippen molar-refractivity contribution in [1.29, 1.82) is 0 Å². The lowest BCUT2D eigenvalue weighted by molar-refractivity contribution is 0.318. The van der Waals surface area contributed by atoms with E-state index in [1.54, 1.807) is 6.07 Å².